The maximum Gasteiger partial charge on any atom is 0.137 e. The zero-order valence-electron chi connectivity index (χ0n) is 14.6. The molecular weight excluding hydrogens is 260 g/mol. The van der Waals surface area contributed by atoms with Crippen LogP contribution in [0.5, 0.6) is 5.75 Å². The molecular formula is C18H32N2O. The lowest BCUT2D eigenvalue weighted by Crippen LogP contribution is -2.36. The topological polar surface area (TPSA) is 34.1 Å². The van der Waals surface area contributed by atoms with Crippen LogP contribution in [0.25, 0.3) is 0 Å². The Hall–Kier alpha value is -1.09. The number of rotatable bonds is 7. The van der Waals surface area contributed by atoms with Crippen molar-refractivity contribution in [3.63, 3.8) is 0 Å². The van der Waals surface area contributed by atoms with E-state index in [1.807, 2.05) is 12.3 Å². The molecule has 21 heavy (non-hydrogen) atoms. The number of nitrogens with zero attached hydrogens (tertiary/aromatic N) is 1. The second-order valence-corrected chi connectivity index (χ2v) is 7.96. The van der Waals surface area contributed by atoms with Crippen molar-refractivity contribution >= 4 is 0 Å². The van der Waals surface area contributed by atoms with E-state index in [2.05, 4.69) is 57.9 Å². The van der Waals surface area contributed by atoms with E-state index in [-0.39, 0.29) is 11.0 Å². The van der Waals surface area contributed by atoms with Gasteiger partial charge in [-0.15, -0.1) is 0 Å². The van der Waals surface area contributed by atoms with E-state index in [1.54, 1.807) is 0 Å². The molecule has 120 valence electrons. The van der Waals surface area contributed by atoms with Gasteiger partial charge in [-0.1, -0.05) is 20.8 Å². The average Bonchev–Trinajstić information content (AvgIpc) is 2.32. The lowest BCUT2D eigenvalue weighted by molar-refractivity contribution is 0.300. The van der Waals surface area contributed by atoms with E-state index >= 15 is 0 Å². The van der Waals surface area contributed by atoms with Crippen molar-refractivity contribution in [3.8, 4) is 5.75 Å². The van der Waals surface area contributed by atoms with Gasteiger partial charge in [-0.2, -0.15) is 0 Å². The highest BCUT2D eigenvalue weighted by molar-refractivity contribution is 5.20. The molecule has 1 heterocycles. The molecule has 3 heteroatoms. The highest BCUT2D eigenvalue weighted by Crippen LogP contribution is 2.20. The number of nitrogens with one attached hydrogen (secondary N) is 1. The van der Waals surface area contributed by atoms with Crippen LogP contribution in [0.3, 0.4) is 0 Å². The molecule has 0 aliphatic carbocycles. The van der Waals surface area contributed by atoms with Crippen molar-refractivity contribution in [1.29, 1.82) is 0 Å². The minimum absolute atomic E-state index is 0.202. The average molecular weight is 292 g/mol. The maximum atomic E-state index is 5.73. The number of aromatic nitrogens is 1. The summed E-state index contributed by atoms with van der Waals surface area (Å²) in [4.78, 5) is 4.47. The predicted octanol–water partition coefficient (Wildman–Crippen LogP) is 4.22. The number of hydrogen-bond donors (Lipinski definition) is 1. The molecule has 0 amide bonds. The third-order valence-electron chi connectivity index (χ3n) is 3.00. The molecule has 1 rings (SSSR count). The Kier molecular flexibility index (Phi) is 6.66. The van der Waals surface area contributed by atoms with Crippen LogP contribution in [-0.2, 0) is 6.42 Å². The first-order chi connectivity index (χ1) is 9.66. The van der Waals surface area contributed by atoms with E-state index in [0.29, 0.717) is 0 Å². The maximum absolute atomic E-state index is 5.73. The number of ether oxygens (including phenoxy) is 1. The first-order valence-electron chi connectivity index (χ1n) is 7.98. The smallest absolute Gasteiger partial charge is 0.137 e. The minimum atomic E-state index is 0.202. The first-order valence-corrected chi connectivity index (χ1v) is 7.98. The summed E-state index contributed by atoms with van der Waals surface area (Å²) in [7, 11) is 0. The SMILES string of the molecule is CC(C)(C)Cc1ccc(OCCCCNC(C)(C)C)cn1. The number of hydrogen-bond acceptors (Lipinski definition) is 3. The fourth-order valence-corrected chi connectivity index (χ4v) is 2.02. The lowest BCUT2D eigenvalue weighted by Gasteiger charge is -2.20. The third-order valence-corrected chi connectivity index (χ3v) is 3.00. The van der Waals surface area contributed by atoms with Gasteiger partial charge in [0.05, 0.1) is 12.8 Å². The van der Waals surface area contributed by atoms with Crippen LogP contribution in [0.1, 0.15) is 60.1 Å². The molecule has 0 saturated heterocycles. The highest BCUT2D eigenvalue weighted by atomic mass is 16.5. The van der Waals surface area contributed by atoms with Crippen molar-refractivity contribution in [2.75, 3.05) is 13.2 Å². The molecule has 0 bridgehead atoms. The van der Waals surface area contributed by atoms with E-state index in [0.717, 1.165) is 43.9 Å². The van der Waals surface area contributed by atoms with Gasteiger partial charge in [0.1, 0.15) is 5.75 Å². The summed E-state index contributed by atoms with van der Waals surface area (Å²) in [6.07, 6.45) is 5.03. The van der Waals surface area contributed by atoms with Crippen molar-refractivity contribution in [2.24, 2.45) is 5.41 Å². The van der Waals surface area contributed by atoms with Gasteiger partial charge < -0.3 is 10.1 Å². The Morgan fingerprint density at radius 1 is 1.05 bits per heavy atom. The van der Waals surface area contributed by atoms with Crippen molar-refractivity contribution in [3.05, 3.63) is 24.0 Å². The van der Waals surface area contributed by atoms with Crippen LogP contribution >= 0.6 is 0 Å². The Balaban J connectivity index is 2.21. The minimum Gasteiger partial charge on any atom is -0.492 e. The Bertz CT molecular complexity index is 399. The fraction of sp³-hybridized carbons (Fsp3) is 0.722. The molecule has 0 aliphatic rings. The molecule has 0 radical (unpaired) electrons. The standard InChI is InChI=1S/C18H32N2O/c1-17(2,3)13-15-9-10-16(14-19-15)21-12-8-7-11-20-18(4,5)6/h9-10,14,20H,7-8,11-13H2,1-6H3. The monoisotopic (exact) mass is 292 g/mol. The largest absolute Gasteiger partial charge is 0.492 e. The van der Waals surface area contributed by atoms with Crippen molar-refractivity contribution in [1.82, 2.24) is 10.3 Å². The Labute approximate surface area is 130 Å². The molecule has 0 spiro atoms. The first kappa shape index (κ1) is 18.0. The summed E-state index contributed by atoms with van der Waals surface area (Å²) in [5.41, 5.74) is 1.60. The molecule has 1 aromatic rings. The van der Waals surface area contributed by atoms with Gasteiger partial charge in [0.25, 0.3) is 0 Å². The van der Waals surface area contributed by atoms with Crippen LogP contribution in [0, 0.1) is 5.41 Å². The molecule has 0 unspecified atom stereocenters. The van der Waals surface area contributed by atoms with Crippen LogP contribution in [0.2, 0.25) is 0 Å². The van der Waals surface area contributed by atoms with Gasteiger partial charge in [-0.05, 0) is 64.1 Å². The van der Waals surface area contributed by atoms with Gasteiger partial charge in [0.15, 0.2) is 0 Å². The van der Waals surface area contributed by atoms with Gasteiger partial charge in [0, 0.05) is 11.2 Å². The van der Waals surface area contributed by atoms with E-state index < -0.39 is 0 Å². The van der Waals surface area contributed by atoms with E-state index in [1.165, 1.54) is 0 Å². The molecule has 0 fully saturated rings. The molecule has 0 atom stereocenters. The molecule has 1 N–H and O–H groups in total. The summed E-state index contributed by atoms with van der Waals surface area (Å²) < 4.78 is 5.73. The van der Waals surface area contributed by atoms with Crippen molar-refractivity contribution in [2.45, 2.75) is 66.3 Å². The molecule has 0 aromatic carbocycles. The Morgan fingerprint density at radius 2 is 1.76 bits per heavy atom. The zero-order chi connectivity index (χ0) is 15.9. The van der Waals surface area contributed by atoms with Crippen LogP contribution in [0.15, 0.2) is 18.3 Å². The molecule has 3 nitrogen and oxygen atoms in total. The number of pyridine rings is 1. The van der Waals surface area contributed by atoms with Crippen LogP contribution in [0.4, 0.5) is 0 Å². The highest BCUT2D eigenvalue weighted by Gasteiger charge is 2.12. The summed E-state index contributed by atoms with van der Waals surface area (Å²) in [6.45, 7) is 15.0. The van der Waals surface area contributed by atoms with Crippen LogP contribution < -0.4 is 10.1 Å². The van der Waals surface area contributed by atoms with E-state index in [9.17, 15) is 0 Å². The van der Waals surface area contributed by atoms with Gasteiger partial charge >= 0.3 is 0 Å². The van der Waals surface area contributed by atoms with E-state index in [4.69, 9.17) is 4.74 Å². The molecule has 1 aromatic heterocycles. The second kappa shape index (κ2) is 7.79. The second-order valence-electron chi connectivity index (χ2n) is 7.96. The normalized spacial score (nSPS) is 12.5. The lowest BCUT2D eigenvalue weighted by atomic mass is 9.90. The van der Waals surface area contributed by atoms with Gasteiger partial charge in [0.2, 0.25) is 0 Å². The number of unbranched alkanes of at least 4 members (excludes halogenated alkanes) is 1. The van der Waals surface area contributed by atoms with Crippen molar-refractivity contribution < 1.29 is 4.74 Å². The fourth-order valence-electron chi connectivity index (χ4n) is 2.02. The Morgan fingerprint density at radius 3 is 2.29 bits per heavy atom. The van der Waals surface area contributed by atoms with Gasteiger partial charge in [-0.3, -0.25) is 4.98 Å². The zero-order valence-corrected chi connectivity index (χ0v) is 14.6. The summed E-state index contributed by atoms with van der Waals surface area (Å²) in [5.74, 6) is 0.872. The molecule has 0 aliphatic heterocycles. The molecule has 0 saturated carbocycles. The summed E-state index contributed by atoms with van der Waals surface area (Å²) >= 11 is 0. The quantitative estimate of drug-likeness (QED) is 0.764. The van der Waals surface area contributed by atoms with Crippen LogP contribution in [-0.4, -0.2) is 23.7 Å². The summed E-state index contributed by atoms with van der Waals surface area (Å²) in [6, 6.07) is 4.10. The predicted molar refractivity (Wildman–Crippen MR) is 89.9 cm³/mol. The van der Waals surface area contributed by atoms with Gasteiger partial charge in [-0.25, -0.2) is 0 Å². The third kappa shape index (κ3) is 9.46. The summed E-state index contributed by atoms with van der Waals surface area (Å²) in [5, 5.41) is 3.48.